The second-order valence-electron chi connectivity index (χ2n) is 5.51. The highest BCUT2D eigenvalue weighted by molar-refractivity contribution is 6.32. The molecule has 2 heterocycles. The molecule has 0 bridgehead atoms. The van der Waals surface area contributed by atoms with Crippen LogP contribution in [0.15, 0.2) is 42.6 Å². The summed E-state index contributed by atoms with van der Waals surface area (Å²) in [6.07, 6.45) is 2.44. The van der Waals surface area contributed by atoms with E-state index in [1.54, 1.807) is 18.3 Å². The highest BCUT2D eigenvalue weighted by Gasteiger charge is 2.27. The zero-order chi connectivity index (χ0) is 16.2. The van der Waals surface area contributed by atoms with Gasteiger partial charge < -0.3 is 10.4 Å². The summed E-state index contributed by atoms with van der Waals surface area (Å²) in [7, 11) is 0. The van der Waals surface area contributed by atoms with E-state index in [2.05, 4.69) is 16.4 Å². The molecular formula is C17H18ClN3O2. The monoisotopic (exact) mass is 331 g/mol. The van der Waals surface area contributed by atoms with Crippen molar-refractivity contribution >= 4 is 23.2 Å². The number of fused-ring (bicyclic) bond motifs is 1. The minimum absolute atomic E-state index is 0.0159. The molecule has 1 aliphatic rings. The van der Waals surface area contributed by atoms with Crippen LogP contribution in [-0.4, -0.2) is 40.6 Å². The van der Waals surface area contributed by atoms with E-state index >= 15 is 0 Å². The van der Waals surface area contributed by atoms with Gasteiger partial charge in [0.25, 0.3) is 0 Å². The second-order valence-corrected chi connectivity index (χ2v) is 5.87. The second kappa shape index (κ2) is 7.08. The van der Waals surface area contributed by atoms with Gasteiger partial charge in [-0.15, -0.1) is 0 Å². The first-order valence-corrected chi connectivity index (χ1v) is 7.90. The van der Waals surface area contributed by atoms with E-state index in [1.165, 1.54) is 5.56 Å². The molecule has 3 rings (SSSR count). The van der Waals surface area contributed by atoms with Crippen molar-refractivity contribution in [2.24, 2.45) is 0 Å². The standard InChI is InChI=1S/C17H18ClN3O2/c18-17-14(6-3-8-19-17)20-16(23)10-21-9-7-12-4-1-2-5-13(12)15(21)11-22/h1-6,8,15,22H,7,9-11H2,(H,20,23). The number of hydrogen-bond acceptors (Lipinski definition) is 4. The van der Waals surface area contributed by atoms with Crippen LogP contribution in [0, 0.1) is 0 Å². The van der Waals surface area contributed by atoms with Gasteiger partial charge >= 0.3 is 0 Å². The van der Waals surface area contributed by atoms with Crippen molar-refractivity contribution < 1.29 is 9.90 Å². The van der Waals surface area contributed by atoms with Gasteiger partial charge in [0.05, 0.1) is 24.9 Å². The van der Waals surface area contributed by atoms with Crippen LogP contribution in [0.2, 0.25) is 5.15 Å². The molecule has 0 saturated carbocycles. The zero-order valence-electron chi connectivity index (χ0n) is 12.6. The SMILES string of the molecule is O=C(CN1CCc2ccccc2C1CO)Nc1cccnc1Cl. The van der Waals surface area contributed by atoms with Crippen LogP contribution in [-0.2, 0) is 11.2 Å². The van der Waals surface area contributed by atoms with Gasteiger partial charge in [-0.05, 0) is 29.7 Å². The van der Waals surface area contributed by atoms with Crippen molar-refractivity contribution in [3.05, 3.63) is 58.9 Å². The van der Waals surface area contributed by atoms with Gasteiger partial charge in [-0.1, -0.05) is 35.9 Å². The Hall–Kier alpha value is -1.95. The number of rotatable bonds is 4. The smallest absolute Gasteiger partial charge is 0.238 e. The molecule has 2 aromatic rings. The van der Waals surface area contributed by atoms with Gasteiger partial charge in [0.1, 0.15) is 0 Å². The lowest BCUT2D eigenvalue weighted by atomic mass is 9.93. The molecule has 23 heavy (non-hydrogen) atoms. The quantitative estimate of drug-likeness (QED) is 0.843. The first-order valence-electron chi connectivity index (χ1n) is 7.52. The maximum absolute atomic E-state index is 12.3. The van der Waals surface area contributed by atoms with Crippen molar-refractivity contribution in [2.45, 2.75) is 12.5 Å². The Balaban J connectivity index is 1.70. The van der Waals surface area contributed by atoms with Crippen molar-refractivity contribution in [1.82, 2.24) is 9.88 Å². The van der Waals surface area contributed by atoms with Gasteiger partial charge in [0.2, 0.25) is 5.91 Å². The van der Waals surface area contributed by atoms with E-state index in [4.69, 9.17) is 11.6 Å². The fraction of sp³-hybridized carbons (Fsp3) is 0.294. The highest BCUT2D eigenvalue weighted by atomic mass is 35.5. The number of amides is 1. The molecule has 1 aliphatic heterocycles. The van der Waals surface area contributed by atoms with Crippen LogP contribution in [0.1, 0.15) is 17.2 Å². The summed E-state index contributed by atoms with van der Waals surface area (Å²) in [6.45, 7) is 0.916. The third-order valence-corrected chi connectivity index (χ3v) is 4.38. The number of anilines is 1. The molecule has 0 saturated heterocycles. The molecule has 1 unspecified atom stereocenters. The fourth-order valence-electron chi connectivity index (χ4n) is 2.96. The first-order chi connectivity index (χ1) is 11.2. The van der Waals surface area contributed by atoms with E-state index in [0.29, 0.717) is 5.69 Å². The molecule has 1 aromatic carbocycles. The zero-order valence-corrected chi connectivity index (χ0v) is 13.3. The van der Waals surface area contributed by atoms with E-state index in [9.17, 15) is 9.90 Å². The Morgan fingerprint density at radius 2 is 2.17 bits per heavy atom. The van der Waals surface area contributed by atoms with Crippen LogP contribution < -0.4 is 5.32 Å². The molecule has 0 aliphatic carbocycles. The Bertz CT molecular complexity index is 708. The average molecular weight is 332 g/mol. The minimum atomic E-state index is -0.169. The molecular weight excluding hydrogens is 314 g/mol. The summed E-state index contributed by atoms with van der Waals surface area (Å²) >= 11 is 5.95. The fourth-order valence-corrected chi connectivity index (χ4v) is 3.13. The number of pyridine rings is 1. The normalized spacial score (nSPS) is 17.6. The third-order valence-electron chi connectivity index (χ3n) is 4.08. The number of nitrogens with one attached hydrogen (secondary N) is 1. The van der Waals surface area contributed by atoms with Crippen LogP contribution >= 0.6 is 11.6 Å². The van der Waals surface area contributed by atoms with Crippen LogP contribution in [0.5, 0.6) is 0 Å². The number of hydrogen-bond donors (Lipinski definition) is 2. The molecule has 5 nitrogen and oxygen atoms in total. The number of carbonyl (C=O) groups excluding carboxylic acids is 1. The predicted molar refractivity (Wildman–Crippen MR) is 89.4 cm³/mol. The van der Waals surface area contributed by atoms with Gasteiger partial charge in [-0.25, -0.2) is 4.98 Å². The maximum atomic E-state index is 12.3. The third kappa shape index (κ3) is 3.52. The number of carbonyl (C=O) groups is 1. The lowest BCUT2D eigenvalue weighted by Crippen LogP contribution is -2.42. The Labute approximate surface area is 139 Å². The summed E-state index contributed by atoms with van der Waals surface area (Å²) in [6, 6.07) is 11.3. The van der Waals surface area contributed by atoms with Crippen LogP contribution in [0.4, 0.5) is 5.69 Å². The Morgan fingerprint density at radius 1 is 1.35 bits per heavy atom. The largest absolute Gasteiger partial charge is 0.394 e. The van der Waals surface area contributed by atoms with E-state index in [0.717, 1.165) is 18.5 Å². The Morgan fingerprint density at radius 3 is 2.96 bits per heavy atom. The van der Waals surface area contributed by atoms with Gasteiger partial charge in [0.15, 0.2) is 5.15 Å². The molecule has 0 fully saturated rings. The molecule has 2 N–H and O–H groups in total. The number of aromatic nitrogens is 1. The number of halogens is 1. The summed E-state index contributed by atoms with van der Waals surface area (Å²) in [5.74, 6) is -0.169. The molecule has 1 amide bonds. The maximum Gasteiger partial charge on any atom is 0.238 e. The summed E-state index contributed by atoms with van der Waals surface area (Å²) in [5.41, 5.74) is 2.82. The van der Waals surface area contributed by atoms with E-state index in [1.807, 2.05) is 23.1 Å². The number of benzene rings is 1. The summed E-state index contributed by atoms with van der Waals surface area (Å²) in [5, 5.41) is 12.8. The van der Waals surface area contributed by atoms with Crippen LogP contribution in [0.3, 0.4) is 0 Å². The minimum Gasteiger partial charge on any atom is -0.394 e. The molecule has 0 spiro atoms. The Kier molecular flexibility index (Phi) is 4.91. The van der Waals surface area contributed by atoms with Gasteiger partial charge in [0, 0.05) is 12.7 Å². The predicted octanol–water partition coefficient (Wildman–Crippen LogP) is 2.27. The number of aliphatic hydroxyl groups excluding tert-OH is 1. The topological polar surface area (TPSA) is 65.5 Å². The van der Waals surface area contributed by atoms with E-state index < -0.39 is 0 Å². The van der Waals surface area contributed by atoms with Crippen LogP contribution in [0.25, 0.3) is 0 Å². The van der Waals surface area contributed by atoms with Crippen molar-refractivity contribution in [3.8, 4) is 0 Å². The molecule has 1 aromatic heterocycles. The lowest BCUT2D eigenvalue weighted by Gasteiger charge is -2.35. The van der Waals surface area contributed by atoms with Gasteiger partial charge in [-0.2, -0.15) is 0 Å². The molecule has 1 atom stereocenters. The lowest BCUT2D eigenvalue weighted by molar-refractivity contribution is -0.118. The number of nitrogens with zero attached hydrogens (tertiary/aromatic N) is 2. The van der Waals surface area contributed by atoms with E-state index in [-0.39, 0.29) is 30.3 Å². The highest BCUT2D eigenvalue weighted by Crippen LogP contribution is 2.29. The molecule has 0 radical (unpaired) electrons. The molecule has 120 valence electrons. The van der Waals surface area contributed by atoms with Crippen molar-refractivity contribution in [1.29, 1.82) is 0 Å². The molecule has 6 heteroatoms. The summed E-state index contributed by atoms with van der Waals surface area (Å²) in [4.78, 5) is 18.2. The van der Waals surface area contributed by atoms with Gasteiger partial charge in [-0.3, -0.25) is 9.69 Å². The van der Waals surface area contributed by atoms with Crippen molar-refractivity contribution in [3.63, 3.8) is 0 Å². The number of aliphatic hydroxyl groups is 1. The average Bonchev–Trinajstić information content (AvgIpc) is 2.57. The summed E-state index contributed by atoms with van der Waals surface area (Å²) < 4.78 is 0. The first kappa shape index (κ1) is 15.9. The van der Waals surface area contributed by atoms with Crippen molar-refractivity contribution in [2.75, 3.05) is 25.0 Å².